The highest BCUT2D eigenvalue weighted by Gasteiger charge is 2.32. The second-order valence-electron chi connectivity index (χ2n) is 9.71. The van der Waals surface area contributed by atoms with Crippen LogP contribution in [0.4, 0.5) is 0 Å². The average Bonchev–Trinajstić information content (AvgIpc) is 3.01. The third-order valence-corrected chi connectivity index (χ3v) is 7.69. The fraction of sp³-hybridized carbons (Fsp3) is 0.250. The molecule has 0 radical (unpaired) electrons. The third-order valence-electron chi connectivity index (χ3n) is 6.46. The zero-order chi connectivity index (χ0) is 33.2. The lowest BCUT2D eigenvalue weighted by Crippen LogP contribution is -2.45. The topological polar surface area (TPSA) is 120 Å². The highest BCUT2D eigenvalue weighted by molar-refractivity contribution is 7.80. The van der Waals surface area contributed by atoms with Gasteiger partial charge in [0.1, 0.15) is 12.4 Å². The van der Waals surface area contributed by atoms with Crippen molar-refractivity contribution in [2.24, 2.45) is 5.10 Å². The van der Waals surface area contributed by atoms with Crippen LogP contribution in [0.15, 0.2) is 71.0 Å². The molecule has 1 heterocycles. The number of allylic oxidation sites excluding steroid dienone is 1. The summed E-state index contributed by atoms with van der Waals surface area (Å²) in [6, 6.07) is 14.9. The summed E-state index contributed by atoms with van der Waals surface area (Å²) in [7, 11) is 0. The molecule has 1 aliphatic heterocycles. The average molecular weight is 706 g/mol. The van der Waals surface area contributed by atoms with Gasteiger partial charge in [0.25, 0.3) is 5.91 Å². The van der Waals surface area contributed by atoms with Crippen LogP contribution >= 0.6 is 47.0 Å². The van der Waals surface area contributed by atoms with Crippen LogP contribution in [0.3, 0.4) is 0 Å². The maximum Gasteiger partial charge on any atom is 0.338 e. The van der Waals surface area contributed by atoms with Crippen LogP contribution in [0.1, 0.15) is 43.5 Å². The number of thiocarbonyl (C=S) groups is 1. The number of halogens is 3. The molecule has 0 saturated carbocycles. The fourth-order valence-electron chi connectivity index (χ4n) is 4.46. The SMILES string of the molecule is CCOC(=O)C1=C(C)NC(=S)N[C@@H]1c1ccccc1OCC(=O)NN=Cc1cc(Cl)c(OCc2ccc(Cl)c(Cl)c2)c(OCC)c1. The third kappa shape index (κ3) is 9.03. The summed E-state index contributed by atoms with van der Waals surface area (Å²) in [6.07, 6.45) is 1.42. The molecule has 0 bridgehead atoms. The van der Waals surface area contributed by atoms with Crippen molar-refractivity contribution in [2.75, 3.05) is 19.8 Å². The molecule has 1 atom stereocenters. The van der Waals surface area contributed by atoms with Crippen LogP contribution in [0.5, 0.6) is 17.2 Å². The second kappa shape index (κ2) is 16.5. The number of para-hydroxylation sites is 1. The summed E-state index contributed by atoms with van der Waals surface area (Å²) in [5, 5.41) is 11.6. The minimum Gasteiger partial charge on any atom is -0.490 e. The molecule has 3 N–H and O–H groups in total. The maximum atomic E-state index is 12.8. The second-order valence-corrected chi connectivity index (χ2v) is 11.3. The molecular formula is C32H31Cl3N4O6S. The Labute approximate surface area is 287 Å². The molecule has 0 unspecified atom stereocenters. The van der Waals surface area contributed by atoms with E-state index in [2.05, 4.69) is 21.2 Å². The van der Waals surface area contributed by atoms with Crippen molar-refractivity contribution in [3.63, 3.8) is 0 Å². The van der Waals surface area contributed by atoms with Crippen molar-refractivity contribution in [3.05, 3.63) is 97.6 Å². The molecule has 0 saturated heterocycles. The molecule has 10 nitrogen and oxygen atoms in total. The number of hydrogen-bond acceptors (Lipinski definition) is 8. The van der Waals surface area contributed by atoms with Crippen LogP contribution in [0.25, 0.3) is 0 Å². The normalized spacial score (nSPS) is 14.4. The van der Waals surface area contributed by atoms with Gasteiger partial charge in [-0.2, -0.15) is 5.10 Å². The first-order valence-electron chi connectivity index (χ1n) is 14.1. The first-order chi connectivity index (χ1) is 22.1. The lowest BCUT2D eigenvalue weighted by Gasteiger charge is -2.30. The van der Waals surface area contributed by atoms with Gasteiger partial charge in [-0.25, -0.2) is 10.2 Å². The molecule has 46 heavy (non-hydrogen) atoms. The summed E-state index contributed by atoms with van der Waals surface area (Å²) < 4.78 is 22.8. The van der Waals surface area contributed by atoms with Gasteiger partial charge < -0.3 is 29.6 Å². The van der Waals surface area contributed by atoms with Crippen molar-refractivity contribution in [3.8, 4) is 17.2 Å². The van der Waals surface area contributed by atoms with Gasteiger partial charge in [0.2, 0.25) is 0 Å². The van der Waals surface area contributed by atoms with Crippen LogP contribution in [-0.4, -0.2) is 43.0 Å². The quantitative estimate of drug-likeness (QED) is 0.0792. The van der Waals surface area contributed by atoms with Crippen LogP contribution in [-0.2, 0) is 20.9 Å². The highest BCUT2D eigenvalue weighted by Crippen LogP contribution is 2.37. The van der Waals surface area contributed by atoms with E-state index in [1.165, 1.54) is 6.21 Å². The lowest BCUT2D eigenvalue weighted by atomic mass is 9.95. The van der Waals surface area contributed by atoms with Crippen molar-refractivity contribution in [1.29, 1.82) is 0 Å². The fourth-order valence-corrected chi connectivity index (χ4v) is 5.33. The van der Waals surface area contributed by atoms with Gasteiger partial charge in [-0.1, -0.05) is 59.1 Å². The van der Waals surface area contributed by atoms with Crippen molar-refractivity contribution in [1.82, 2.24) is 16.1 Å². The Morgan fingerprint density at radius 1 is 0.957 bits per heavy atom. The molecule has 0 spiro atoms. The summed E-state index contributed by atoms with van der Waals surface area (Å²) in [5.74, 6) is 0.120. The van der Waals surface area contributed by atoms with Crippen molar-refractivity contribution >= 4 is 70.2 Å². The Morgan fingerprint density at radius 3 is 2.48 bits per heavy atom. The van der Waals surface area contributed by atoms with Crippen LogP contribution in [0, 0.1) is 0 Å². The van der Waals surface area contributed by atoms with Gasteiger partial charge >= 0.3 is 5.97 Å². The van der Waals surface area contributed by atoms with Gasteiger partial charge in [0.15, 0.2) is 23.2 Å². The van der Waals surface area contributed by atoms with Crippen molar-refractivity contribution in [2.45, 2.75) is 33.4 Å². The predicted molar refractivity (Wildman–Crippen MR) is 182 cm³/mol. The standard InChI is InChI=1S/C32H31Cl3N4O6S/c1-4-42-26-14-20(13-24(35)30(26)45-16-19-10-11-22(33)23(34)12-19)15-36-39-27(40)17-44-25-9-7-6-8-21(25)29-28(31(41)43-5-2)18(3)37-32(46)38-29/h6-15,29H,4-5,16-17H2,1-3H3,(H,39,40)(H2,37,38,46)/t29-/m1/s1. The van der Waals surface area contributed by atoms with Gasteiger partial charge in [0, 0.05) is 11.3 Å². The zero-order valence-corrected chi connectivity index (χ0v) is 28.2. The molecule has 1 aliphatic rings. The predicted octanol–water partition coefficient (Wildman–Crippen LogP) is 6.51. The summed E-state index contributed by atoms with van der Waals surface area (Å²) in [6.45, 7) is 5.71. The number of amides is 1. The van der Waals surface area contributed by atoms with E-state index in [1.807, 2.05) is 6.92 Å². The van der Waals surface area contributed by atoms with E-state index in [0.717, 1.165) is 5.56 Å². The zero-order valence-electron chi connectivity index (χ0n) is 25.1. The van der Waals surface area contributed by atoms with Gasteiger partial charge in [-0.15, -0.1) is 0 Å². The maximum absolute atomic E-state index is 12.8. The summed E-state index contributed by atoms with van der Waals surface area (Å²) in [5.41, 5.74) is 5.32. The Balaban J connectivity index is 1.41. The molecule has 3 aromatic carbocycles. The van der Waals surface area contributed by atoms with Crippen LogP contribution < -0.4 is 30.3 Å². The van der Waals surface area contributed by atoms with E-state index < -0.39 is 17.9 Å². The number of ether oxygens (including phenoxy) is 4. The Hall–Kier alpha value is -4.03. The number of rotatable bonds is 13. The number of benzene rings is 3. The summed E-state index contributed by atoms with van der Waals surface area (Å²) >= 11 is 24.0. The molecule has 0 aliphatic carbocycles. The first kappa shape index (κ1) is 34.8. The van der Waals surface area contributed by atoms with E-state index in [0.29, 0.717) is 61.4 Å². The smallest absolute Gasteiger partial charge is 0.338 e. The molecule has 0 aromatic heterocycles. The number of carbonyl (C=O) groups is 2. The Kier molecular flexibility index (Phi) is 12.5. The number of hydrazone groups is 1. The molecule has 0 fully saturated rings. The van der Waals surface area contributed by atoms with E-state index in [1.54, 1.807) is 68.4 Å². The minimum absolute atomic E-state index is 0.184. The highest BCUT2D eigenvalue weighted by atomic mass is 35.5. The van der Waals surface area contributed by atoms with E-state index in [9.17, 15) is 9.59 Å². The molecule has 14 heteroatoms. The van der Waals surface area contributed by atoms with Gasteiger partial charge in [0.05, 0.1) is 46.1 Å². The Bertz CT molecular complexity index is 1680. The van der Waals surface area contributed by atoms with Crippen LogP contribution in [0.2, 0.25) is 15.1 Å². The lowest BCUT2D eigenvalue weighted by molar-refractivity contribution is -0.139. The Morgan fingerprint density at radius 2 is 1.74 bits per heavy atom. The summed E-state index contributed by atoms with van der Waals surface area (Å²) in [4.78, 5) is 25.4. The molecule has 4 rings (SSSR count). The number of carbonyl (C=O) groups excluding carboxylic acids is 2. The number of nitrogens with one attached hydrogen (secondary N) is 3. The number of esters is 1. The first-order valence-corrected chi connectivity index (χ1v) is 15.7. The van der Waals surface area contributed by atoms with Crippen molar-refractivity contribution < 1.29 is 28.5 Å². The molecular weight excluding hydrogens is 675 g/mol. The number of nitrogens with zero attached hydrogens (tertiary/aromatic N) is 1. The van der Waals surface area contributed by atoms with E-state index in [4.69, 9.17) is 66.0 Å². The largest absolute Gasteiger partial charge is 0.490 e. The van der Waals surface area contributed by atoms with E-state index in [-0.39, 0.29) is 24.8 Å². The molecule has 242 valence electrons. The van der Waals surface area contributed by atoms with E-state index >= 15 is 0 Å². The molecule has 3 aromatic rings. The minimum atomic E-state index is -0.648. The molecule has 1 amide bonds. The van der Waals surface area contributed by atoms with Gasteiger partial charge in [-0.05, 0) is 74.4 Å². The number of hydrogen-bond donors (Lipinski definition) is 3. The monoisotopic (exact) mass is 704 g/mol. The van der Waals surface area contributed by atoms with Gasteiger partial charge in [-0.3, -0.25) is 4.79 Å².